The minimum Gasteiger partial charge on any atom is -0.466 e. The molecular weight excluding hydrogens is 383 g/mol. The van der Waals surface area contributed by atoms with Gasteiger partial charge in [-0.15, -0.1) is 0 Å². The third-order valence-corrected chi connectivity index (χ3v) is 3.75. The average molecular weight is 397 g/mol. The molecule has 1 unspecified atom stereocenters. The van der Waals surface area contributed by atoms with Crippen LogP contribution in [0.2, 0.25) is 10.0 Å². The first-order chi connectivity index (χ1) is 12.3. The van der Waals surface area contributed by atoms with Crippen LogP contribution in [-0.4, -0.2) is 29.9 Å². The Labute approximate surface area is 159 Å². The molecule has 1 N–H and O–H groups in total. The topological polar surface area (TPSA) is 94.6 Å². The molecule has 136 valence electrons. The summed E-state index contributed by atoms with van der Waals surface area (Å²) in [6.07, 6.45) is -0.0563. The van der Waals surface area contributed by atoms with Crippen molar-refractivity contribution in [3.63, 3.8) is 0 Å². The summed E-state index contributed by atoms with van der Waals surface area (Å²) in [6.45, 7) is 1.31. The van der Waals surface area contributed by atoms with E-state index in [1.807, 2.05) is 0 Å². The number of nitrogens with one attached hydrogen (secondary N) is 1. The summed E-state index contributed by atoms with van der Waals surface area (Å²) >= 11 is 11.9. The Morgan fingerprint density at radius 3 is 2.50 bits per heavy atom. The molecular formula is C17H14Cl2N2O5. The number of esters is 2. The van der Waals surface area contributed by atoms with Gasteiger partial charge in [-0.05, 0) is 24.3 Å². The van der Waals surface area contributed by atoms with Crippen LogP contribution in [0.5, 0.6) is 0 Å². The lowest BCUT2D eigenvalue weighted by Crippen LogP contribution is -2.21. The molecule has 0 aliphatic heterocycles. The predicted molar refractivity (Wildman–Crippen MR) is 95.2 cm³/mol. The number of amides is 1. The van der Waals surface area contributed by atoms with E-state index in [0.717, 1.165) is 7.11 Å². The van der Waals surface area contributed by atoms with E-state index >= 15 is 0 Å². The van der Waals surface area contributed by atoms with Crippen molar-refractivity contribution in [1.29, 1.82) is 0 Å². The van der Waals surface area contributed by atoms with Gasteiger partial charge in [0.05, 0.1) is 12.7 Å². The van der Waals surface area contributed by atoms with Gasteiger partial charge in [-0.25, -0.2) is 14.6 Å². The van der Waals surface area contributed by atoms with Crippen molar-refractivity contribution in [1.82, 2.24) is 4.98 Å². The van der Waals surface area contributed by atoms with Crippen LogP contribution in [-0.2, 0) is 19.1 Å². The highest BCUT2D eigenvalue weighted by Crippen LogP contribution is 2.30. The number of benzene rings is 1. The lowest BCUT2D eigenvalue weighted by molar-refractivity contribution is -0.151. The summed E-state index contributed by atoms with van der Waals surface area (Å²) < 4.78 is 9.96. The highest BCUT2D eigenvalue weighted by atomic mass is 35.5. The molecule has 7 nitrogen and oxygen atoms in total. The quantitative estimate of drug-likeness (QED) is 0.777. The molecule has 1 aromatic heterocycles. The normalized spacial score (nSPS) is 11.4. The van der Waals surface area contributed by atoms with Gasteiger partial charge in [-0.1, -0.05) is 29.3 Å². The molecule has 0 spiro atoms. The first-order valence-electron chi connectivity index (χ1n) is 7.29. The molecule has 9 heteroatoms. The van der Waals surface area contributed by atoms with E-state index in [1.54, 1.807) is 0 Å². The maximum Gasteiger partial charge on any atom is 0.352 e. The zero-order valence-corrected chi connectivity index (χ0v) is 15.3. The maximum absolute atomic E-state index is 12.4. The Morgan fingerprint density at radius 1 is 1.15 bits per heavy atom. The fraction of sp³-hybridized carbons (Fsp3) is 0.176. The van der Waals surface area contributed by atoms with Crippen LogP contribution in [0.3, 0.4) is 0 Å². The van der Waals surface area contributed by atoms with Gasteiger partial charge >= 0.3 is 11.9 Å². The molecule has 0 saturated heterocycles. The Balaban J connectivity index is 2.30. The third kappa shape index (κ3) is 4.93. The number of aromatic nitrogens is 1. The number of anilines is 1. The number of nitrogens with zero attached hydrogens (tertiary/aromatic N) is 1. The van der Waals surface area contributed by atoms with Crippen LogP contribution in [0.15, 0.2) is 36.5 Å². The van der Waals surface area contributed by atoms with Crippen LogP contribution in [0.25, 0.3) is 0 Å². The molecule has 0 radical (unpaired) electrons. The number of carbonyl (C=O) groups is 3. The van der Waals surface area contributed by atoms with E-state index in [0.29, 0.717) is 5.02 Å². The molecule has 1 heterocycles. The van der Waals surface area contributed by atoms with Gasteiger partial charge in [0.1, 0.15) is 5.82 Å². The molecule has 0 aliphatic carbocycles. The van der Waals surface area contributed by atoms with E-state index in [-0.39, 0.29) is 27.9 Å². The van der Waals surface area contributed by atoms with Crippen LogP contribution >= 0.6 is 23.2 Å². The van der Waals surface area contributed by atoms with Crippen LogP contribution in [0, 0.1) is 0 Å². The molecule has 26 heavy (non-hydrogen) atoms. The number of hydrogen-bond acceptors (Lipinski definition) is 6. The number of halogens is 2. The average Bonchev–Trinajstić information content (AvgIpc) is 2.59. The maximum atomic E-state index is 12.4. The summed E-state index contributed by atoms with van der Waals surface area (Å²) in [5.41, 5.74) is 0.315. The van der Waals surface area contributed by atoms with Crippen molar-refractivity contribution < 1.29 is 23.9 Å². The smallest absolute Gasteiger partial charge is 0.352 e. The van der Waals surface area contributed by atoms with Gasteiger partial charge in [-0.3, -0.25) is 4.79 Å². The second-order valence-electron chi connectivity index (χ2n) is 5.09. The highest BCUT2D eigenvalue weighted by Gasteiger charge is 2.29. The zero-order valence-electron chi connectivity index (χ0n) is 13.8. The van der Waals surface area contributed by atoms with Crippen molar-refractivity contribution >= 4 is 46.9 Å². The largest absolute Gasteiger partial charge is 0.466 e. The second-order valence-corrected chi connectivity index (χ2v) is 5.93. The van der Waals surface area contributed by atoms with E-state index in [1.165, 1.54) is 43.5 Å². The molecule has 1 aromatic carbocycles. The number of rotatable bonds is 5. The summed E-state index contributed by atoms with van der Waals surface area (Å²) in [5, 5.41) is 2.96. The monoisotopic (exact) mass is 396 g/mol. The molecule has 0 aliphatic rings. The minimum absolute atomic E-state index is 0.0859. The Hall–Kier alpha value is -2.64. The number of carbonyl (C=O) groups excluding carboxylic acids is 3. The van der Waals surface area contributed by atoms with Crippen molar-refractivity contribution in [2.75, 3.05) is 12.4 Å². The first kappa shape index (κ1) is 19.7. The predicted octanol–water partition coefficient (Wildman–Crippen LogP) is 3.42. The van der Waals surface area contributed by atoms with E-state index < -0.39 is 18.0 Å². The number of hydrogen-bond donors (Lipinski definition) is 1. The fourth-order valence-corrected chi connectivity index (χ4v) is 2.55. The van der Waals surface area contributed by atoms with Crippen molar-refractivity contribution in [3.05, 3.63) is 57.7 Å². The summed E-state index contributed by atoms with van der Waals surface area (Å²) in [6, 6.07) is 7.10. The van der Waals surface area contributed by atoms with Crippen LogP contribution in [0.4, 0.5) is 5.82 Å². The SMILES string of the molecule is COC(=O)C(OC(=O)c1ccnc(NC(C)=O)c1)c1ccc(Cl)cc1Cl. The van der Waals surface area contributed by atoms with Gasteiger partial charge < -0.3 is 14.8 Å². The highest BCUT2D eigenvalue weighted by molar-refractivity contribution is 6.35. The van der Waals surface area contributed by atoms with Crippen molar-refractivity contribution in [2.24, 2.45) is 0 Å². The van der Waals surface area contributed by atoms with Gasteiger partial charge in [0, 0.05) is 28.7 Å². The molecule has 1 amide bonds. The number of pyridine rings is 1. The Morgan fingerprint density at radius 2 is 1.88 bits per heavy atom. The van der Waals surface area contributed by atoms with E-state index in [4.69, 9.17) is 27.9 Å². The van der Waals surface area contributed by atoms with Gasteiger partial charge in [0.2, 0.25) is 12.0 Å². The van der Waals surface area contributed by atoms with Crippen LogP contribution in [0.1, 0.15) is 28.9 Å². The summed E-state index contributed by atoms with van der Waals surface area (Å²) in [5.74, 6) is -1.80. The van der Waals surface area contributed by atoms with E-state index in [9.17, 15) is 14.4 Å². The van der Waals surface area contributed by atoms with Crippen molar-refractivity contribution in [3.8, 4) is 0 Å². The zero-order chi connectivity index (χ0) is 19.3. The van der Waals surface area contributed by atoms with Gasteiger partial charge in [-0.2, -0.15) is 0 Å². The fourth-order valence-electron chi connectivity index (χ4n) is 2.04. The summed E-state index contributed by atoms with van der Waals surface area (Å²) in [4.78, 5) is 39.5. The first-order valence-corrected chi connectivity index (χ1v) is 8.05. The molecule has 0 bridgehead atoms. The number of ether oxygens (including phenoxy) is 2. The molecule has 2 rings (SSSR count). The third-order valence-electron chi connectivity index (χ3n) is 3.18. The lowest BCUT2D eigenvalue weighted by atomic mass is 10.1. The van der Waals surface area contributed by atoms with Gasteiger partial charge in [0.15, 0.2) is 0 Å². The minimum atomic E-state index is -1.38. The summed E-state index contributed by atoms with van der Waals surface area (Å²) in [7, 11) is 1.16. The van der Waals surface area contributed by atoms with Gasteiger partial charge in [0.25, 0.3) is 0 Å². The number of methoxy groups -OCH3 is 1. The Bertz CT molecular complexity index is 857. The molecule has 0 saturated carbocycles. The van der Waals surface area contributed by atoms with E-state index in [2.05, 4.69) is 15.0 Å². The van der Waals surface area contributed by atoms with Crippen LogP contribution < -0.4 is 5.32 Å². The second kappa shape index (κ2) is 8.64. The standard InChI is InChI=1S/C17H14Cl2N2O5/c1-9(22)21-14-7-10(5-6-20-14)16(23)26-15(17(24)25-2)12-4-3-11(18)8-13(12)19/h3-8,15H,1-2H3,(H,20,21,22). The molecule has 0 fully saturated rings. The lowest BCUT2D eigenvalue weighted by Gasteiger charge is -2.17. The molecule has 2 aromatic rings. The molecule has 1 atom stereocenters. The van der Waals surface area contributed by atoms with Crippen molar-refractivity contribution in [2.45, 2.75) is 13.0 Å². The Kier molecular flexibility index (Phi) is 6.54.